The zero-order valence-corrected chi connectivity index (χ0v) is 18.7. The zero-order chi connectivity index (χ0) is 24.0. The molecular weight excluding hydrogens is 430 g/mol. The molecule has 174 valence electrons. The van der Waals surface area contributed by atoms with Crippen LogP contribution in [0.5, 0.6) is 0 Å². The molecule has 0 fully saturated rings. The van der Waals surface area contributed by atoms with Gasteiger partial charge in [-0.15, -0.1) is 10.2 Å². The van der Waals surface area contributed by atoms with Crippen molar-refractivity contribution in [3.8, 4) is 11.4 Å². The van der Waals surface area contributed by atoms with E-state index in [-0.39, 0.29) is 24.0 Å². The Kier molecular flexibility index (Phi) is 7.81. The van der Waals surface area contributed by atoms with Crippen molar-refractivity contribution in [2.24, 2.45) is 5.92 Å². The molecule has 0 radical (unpaired) electrons. The number of rotatable bonds is 9. The van der Waals surface area contributed by atoms with Gasteiger partial charge in [0.05, 0.1) is 0 Å². The lowest BCUT2D eigenvalue weighted by Gasteiger charge is -2.28. The largest absolute Gasteiger partial charge is 0.354 e. The number of amides is 2. The van der Waals surface area contributed by atoms with Crippen LogP contribution >= 0.6 is 0 Å². The van der Waals surface area contributed by atoms with Gasteiger partial charge < -0.3 is 5.32 Å². The number of aromatic nitrogens is 4. The number of carbonyl (C=O) groups excluding carboxylic acids is 2. The van der Waals surface area contributed by atoms with E-state index in [4.69, 9.17) is 0 Å². The van der Waals surface area contributed by atoms with Gasteiger partial charge in [-0.3, -0.25) is 14.5 Å². The molecule has 10 heteroatoms. The van der Waals surface area contributed by atoms with Crippen LogP contribution in [-0.4, -0.2) is 44.6 Å². The summed E-state index contributed by atoms with van der Waals surface area (Å²) >= 11 is 0. The van der Waals surface area contributed by atoms with Gasteiger partial charge in [0, 0.05) is 17.8 Å². The molecule has 2 amide bonds. The number of tetrazole rings is 1. The summed E-state index contributed by atoms with van der Waals surface area (Å²) in [5.41, 5.74) is 0.778. The molecule has 1 unspecified atom stereocenters. The number of carbonyl (C=O) groups is 2. The quantitative estimate of drug-likeness (QED) is 0.534. The minimum Gasteiger partial charge on any atom is -0.354 e. The molecule has 0 aliphatic carbocycles. The molecule has 2 aromatic carbocycles. The maximum atomic E-state index is 13.9. The number of halogens is 2. The monoisotopic (exact) mass is 456 g/mol. The van der Waals surface area contributed by atoms with Crippen LogP contribution in [0.3, 0.4) is 0 Å². The van der Waals surface area contributed by atoms with Crippen LogP contribution in [0.15, 0.2) is 48.5 Å². The Morgan fingerprint density at radius 1 is 1.06 bits per heavy atom. The molecule has 33 heavy (non-hydrogen) atoms. The third-order valence-corrected chi connectivity index (χ3v) is 4.97. The van der Waals surface area contributed by atoms with Gasteiger partial charge in [-0.1, -0.05) is 19.9 Å². The van der Waals surface area contributed by atoms with Crippen LogP contribution in [0.2, 0.25) is 0 Å². The van der Waals surface area contributed by atoms with E-state index < -0.39 is 23.6 Å². The van der Waals surface area contributed by atoms with E-state index in [0.29, 0.717) is 18.0 Å². The summed E-state index contributed by atoms with van der Waals surface area (Å²) in [6, 6.07) is 10.1. The highest BCUT2D eigenvalue weighted by Gasteiger charge is 2.28. The summed E-state index contributed by atoms with van der Waals surface area (Å²) in [6.07, 6.45) is 0.793. The van der Waals surface area contributed by atoms with E-state index in [1.807, 2.05) is 13.8 Å². The topological polar surface area (TPSA) is 93.0 Å². The first-order chi connectivity index (χ1) is 15.7. The minimum atomic E-state index is -0.897. The highest BCUT2D eigenvalue weighted by molar-refractivity contribution is 6.00. The molecule has 0 spiro atoms. The molecule has 0 saturated heterocycles. The highest BCUT2D eigenvalue weighted by atomic mass is 19.1. The number of benzene rings is 2. The number of nitrogens with one attached hydrogen (secondary N) is 1. The van der Waals surface area contributed by atoms with Crippen molar-refractivity contribution in [1.29, 1.82) is 0 Å². The second kappa shape index (κ2) is 10.8. The Hall–Kier alpha value is -3.69. The average molecular weight is 456 g/mol. The fourth-order valence-electron chi connectivity index (χ4n) is 3.18. The van der Waals surface area contributed by atoms with Crippen LogP contribution in [0.25, 0.3) is 11.4 Å². The molecule has 1 N–H and O–H groups in total. The van der Waals surface area contributed by atoms with Crippen molar-refractivity contribution >= 4 is 17.5 Å². The van der Waals surface area contributed by atoms with E-state index in [9.17, 15) is 18.4 Å². The fraction of sp³-hybridized carbons (Fsp3) is 0.348. The third-order valence-electron chi connectivity index (χ3n) is 4.97. The first-order valence-corrected chi connectivity index (χ1v) is 10.6. The Bertz CT molecular complexity index is 1100. The van der Waals surface area contributed by atoms with Crippen molar-refractivity contribution < 1.29 is 18.4 Å². The Labute approximate surface area is 190 Å². The Morgan fingerprint density at radius 2 is 1.79 bits per heavy atom. The highest BCUT2D eigenvalue weighted by Crippen LogP contribution is 2.20. The zero-order valence-electron chi connectivity index (χ0n) is 18.7. The van der Waals surface area contributed by atoms with Crippen LogP contribution in [0.4, 0.5) is 14.5 Å². The molecule has 1 heterocycles. The maximum absolute atomic E-state index is 13.9. The molecule has 0 bridgehead atoms. The van der Waals surface area contributed by atoms with Gasteiger partial charge in [0.25, 0.3) is 5.91 Å². The number of anilines is 1. The predicted octanol–water partition coefficient (Wildman–Crippen LogP) is 3.20. The smallest absolute Gasteiger partial charge is 0.251 e. The van der Waals surface area contributed by atoms with Gasteiger partial charge >= 0.3 is 0 Å². The standard InChI is InChI=1S/C23H26F2N6O2/c1-15(2)11-12-26-23(33)16(3)31(20-6-4-5-19(25)13-20)21(32)14-30-28-22(27-29-30)17-7-9-18(24)10-8-17/h4-10,13,15-16H,11-12,14H2,1-3H3,(H,26,33). The van der Waals surface area contributed by atoms with Gasteiger partial charge in [-0.25, -0.2) is 8.78 Å². The minimum absolute atomic E-state index is 0.222. The maximum Gasteiger partial charge on any atom is 0.251 e. The molecular formula is C23H26F2N6O2. The molecule has 1 atom stereocenters. The van der Waals surface area contributed by atoms with Gasteiger partial charge in [-0.05, 0) is 66.9 Å². The average Bonchev–Trinajstić information content (AvgIpc) is 3.22. The van der Waals surface area contributed by atoms with Crippen LogP contribution in [0, 0.1) is 17.6 Å². The van der Waals surface area contributed by atoms with Crippen LogP contribution in [0.1, 0.15) is 27.2 Å². The Balaban J connectivity index is 1.79. The first kappa shape index (κ1) is 24.0. The first-order valence-electron chi connectivity index (χ1n) is 10.6. The lowest BCUT2D eigenvalue weighted by Crippen LogP contribution is -2.49. The summed E-state index contributed by atoms with van der Waals surface area (Å²) in [6.45, 7) is 5.81. The second-order valence-corrected chi connectivity index (χ2v) is 8.04. The summed E-state index contributed by atoms with van der Waals surface area (Å²) < 4.78 is 27.0. The molecule has 3 aromatic rings. The fourth-order valence-corrected chi connectivity index (χ4v) is 3.18. The van der Waals surface area contributed by atoms with E-state index >= 15 is 0 Å². The van der Waals surface area contributed by atoms with Crippen molar-refractivity contribution in [3.63, 3.8) is 0 Å². The molecule has 0 aliphatic heterocycles. The van der Waals surface area contributed by atoms with E-state index in [1.54, 1.807) is 13.0 Å². The number of nitrogens with zero attached hydrogens (tertiary/aromatic N) is 5. The molecule has 1 aromatic heterocycles. The summed E-state index contributed by atoms with van der Waals surface area (Å²) in [5.74, 6) is -1.17. The van der Waals surface area contributed by atoms with Crippen molar-refractivity contribution in [2.75, 3.05) is 11.4 Å². The summed E-state index contributed by atoms with van der Waals surface area (Å²) in [5, 5.41) is 14.8. The normalized spacial score (nSPS) is 11.9. The lowest BCUT2D eigenvalue weighted by molar-refractivity contribution is -0.126. The van der Waals surface area contributed by atoms with Crippen molar-refractivity contribution in [3.05, 3.63) is 60.2 Å². The van der Waals surface area contributed by atoms with Crippen molar-refractivity contribution in [2.45, 2.75) is 39.8 Å². The van der Waals surface area contributed by atoms with E-state index in [0.717, 1.165) is 11.2 Å². The number of hydrogen-bond donors (Lipinski definition) is 1. The summed E-state index contributed by atoms with van der Waals surface area (Å²) in [4.78, 5) is 28.2. The van der Waals surface area contributed by atoms with Gasteiger partial charge in [0.2, 0.25) is 11.7 Å². The van der Waals surface area contributed by atoms with Crippen LogP contribution < -0.4 is 10.2 Å². The second-order valence-electron chi connectivity index (χ2n) is 8.04. The molecule has 3 rings (SSSR count). The number of hydrogen-bond acceptors (Lipinski definition) is 5. The van der Waals surface area contributed by atoms with Gasteiger partial charge in [-0.2, -0.15) is 4.80 Å². The summed E-state index contributed by atoms with van der Waals surface area (Å²) in [7, 11) is 0. The molecule has 0 saturated carbocycles. The molecule has 8 nitrogen and oxygen atoms in total. The Morgan fingerprint density at radius 3 is 2.45 bits per heavy atom. The predicted molar refractivity (Wildman–Crippen MR) is 119 cm³/mol. The van der Waals surface area contributed by atoms with Crippen molar-refractivity contribution in [1.82, 2.24) is 25.5 Å². The van der Waals surface area contributed by atoms with E-state index in [1.165, 1.54) is 47.4 Å². The van der Waals surface area contributed by atoms with Gasteiger partial charge in [0.15, 0.2) is 0 Å². The third kappa shape index (κ3) is 6.41. The van der Waals surface area contributed by atoms with E-state index in [2.05, 4.69) is 20.7 Å². The molecule has 0 aliphatic rings. The van der Waals surface area contributed by atoms with Crippen LogP contribution in [-0.2, 0) is 16.1 Å². The van der Waals surface area contributed by atoms with Gasteiger partial charge in [0.1, 0.15) is 24.2 Å². The lowest BCUT2D eigenvalue weighted by atomic mass is 10.1. The SMILES string of the molecule is CC(C)CCNC(=O)C(C)N(C(=O)Cn1nnc(-c2ccc(F)cc2)n1)c1cccc(F)c1.